The number of carbonyl (C=O) groups is 1. The Balaban J connectivity index is 2.20. The standard InChI is InChI=1S/C9H17NO5S/c1-9(2,3)14-8(11)10-6-4-7(5-6)15-16(12)13/h6-7,16H,4-5H2,1-3H3,(H,10,11)/t6-,7+. The smallest absolute Gasteiger partial charge is 0.407 e. The fourth-order valence-corrected chi connectivity index (χ4v) is 1.78. The lowest BCUT2D eigenvalue weighted by atomic mass is 9.90. The molecule has 1 saturated carbocycles. The first-order chi connectivity index (χ1) is 7.26. The topological polar surface area (TPSA) is 81.7 Å². The van der Waals surface area contributed by atoms with Crippen molar-refractivity contribution in [2.24, 2.45) is 0 Å². The number of hydrogen-bond donors (Lipinski definition) is 2. The molecule has 1 rings (SSSR count). The molecule has 1 fully saturated rings. The fraction of sp³-hybridized carbons (Fsp3) is 0.889. The Bertz CT molecular complexity index is 319. The molecule has 7 heteroatoms. The molecule has 0 aromatic carbocycles. The molecule has 6 nitrogen and oxygen atoms in total. The largest absolute Gasteiger partial charge is 0.444 e. The number of rotatable bonds is 3. The van der Waals surface area contributed by atoms with Crippen LogP contribution in [0.5, 0.6) is 0 Å². The Hall–Kier alpha value is -0.820. The molecule has 1 N–H and O–H groups in total. The summed E-state index contributed by atoms with van der Waals surface area (Å²) in [5.74, 6) is 0. The quantitative estimate of drug-likeness (QED) is 0.717. The average molecular weight is 251 g/mol. The van der Waals surface area contributed by atoms with Crippen molar-refractivity contribution < 1.29 is 22.1 Å². The van der Waals surface area contributed by atoms with E-state index >= 15 is 0 Å². The third-order valence-corrected chi connectivity index (χ3v) is 2.52. The lowest BCUT2D eigenvalue weighted by molar-refractivity contribution is 0.0383. The SMILES string of the molecule is CC(C)(C)OC(=O)N[C@H]1C[C@@H](O[SH](=O)=O)C1. The third-order valence-electron chi connectivity index (χ3n) is 2.05. The normalized spacial score (nSPS) is 25.0. The minimum atomic E-state index is -2.80. The van der Waals surface area contributed by atoms with Crippen LogP contribution in [0, 0.1) is 0 Å². The Morgan fingerprint density at radius 1 is 1.31 bits per heavy atom. The van der Waals surface area contributed by atoms with Crippen molar-refractivity contribution >= 4 is 17.1 Å². The number of alkyl carbamates (subject to hydrolysis) is 1. The highest BCUT2D eigenvalue weighted by Crippen LogP contribution is 2.23. The molecule has 0 aliphatic heterocycles. The lowest BCUT2D eigenvalue weighted by Gasteiger charge is -2.34. The van der Waals surface area contributed by atoms with Crippen LogP contribution in [-0.4, -0.2) is 32.3 Å². The molecule has 1 aliphatic rings. The molecule has 16 heavy (non-hydrogen) atoms. The summed E-state index contributed by atoms with van der Waals surface area (Å²) >= 11 is 0. The predicted molar refractivity (Wildman–Crippen MR) is 57.6 cm³/mol. The van der Waals surface area contributed by atoms with Gasteiger partial charge in [0.05, 0.1) is 6.10 Å². The van der Waals surface area contributed by atoms with E-state index in [1.54, 1.807) is 20.8 Å². The van der Waals surface area contributed by atoms with Crippen LogP contribution in [-0.2, 0) is 19.9 Å². The zero-order valence-corrected chi connectivity index (χ0v) is 10.5. The van der Waals surface area contributed by atoms with Gasteiger partial charge in [-0.1, -0.05) is 0 Å². The van der Waals surface area contributed by atoms with E-state index in [2.05, 4.69) is 9.50 Å². The summed E-state index contributed by atoms with van der Waals surface area (Å²) in [5, 5.41) is 2.64. The number of ether oxygens (including phenoxy) is 1. The van der Waals surface area contributed by atoms with E-state index in [4.69, 9.17) is 4.74 Å². The summed E-state index contributed by atoms with van der Waals surface area (Å²) < 4.78 is 30.1. The van der Waals surface area contributed by atoms with Gasteiger partial charge in [0.15, 0.2) is 0 Å². The third kappa shape index (κ3) is 4.80. The van der Waals surface area contributed by atoms with Crippen LogP contribution in [0.3, 0.4) is 0 Å². The summed E-state index contributed by atoms with van der Waals surface area (Å²) in [7, 11) is -2.80. The van der Waals surface area contributed by atoms with Crippen LogP contribution in [0.25, 0.3) is 0 Å². The van der Waals surface area contributed by atoms with Gasteiger partial charge in [-0.25, -0.2) is 13.2 Å². The predicted octanol–water partition coefficient (Wildman–Crippen LogP) is 0.585. The van der Waals surface area contributed by atoms with Gasteiger partial charge in [0, 0.05) is 6.04 Å². The van der Waals surface area contributed by atoms with E-state index in [0.29, 0.717) is 12.8 Å². The minimum Gasteiger partial charge on any atom is -0.444 e. The maximum absolute atomic E-state index is 11.3. The van der Waals surface area contributed by atoms with E-state index in [1.165, 1.54) is 0 Å². The second kappa shape index (κ2) is 5.01. The van der Waals surface area contributed by atoms with Crippen molar-refractivity contribution in [2.45, 2.75) is 51.4 Å². The zero-order chi connectivity index (χ0) is 12.3. The molecule has 0 bridgehead atoms. The molecular weight excluding hydrogens is 234 g/mol. The van der Waals surface area contributed by atoms with E-state index in [-0.39, 0.29) is 12.1 Å². The molecule has 0 spiro atoms. The second-order valence-electron chi connectivity index (χ2n) is 4.77. The van der Waals surface area contributed by atoms with Gasteiger partial charge in [0.2, 0.25) is 0 Å². The molecular formula is C9H17NO5S. The molecule has 0 aromatic heterocycles. The van der Waals surface area contributed by atoms with Crippen LogP contribution in [0.1, 0.15) is 33.6 Å². The van der Waals surface area contributed by atoms with Gasteiger partial charge < -0.3 is 10.1 Å². The highest BCUT2D eigenvalue weighted by atomic mass is 32.2. The maximum Gasteiger partial charge on any atom is 0.407 e. The van der Waals surface area contributed by atoms with Crippen LogP contribution in [0.2, 0.25) is 0 Å². The number of hydrogen-bond acceptors (Lipinski definition) is 5. The Morgan fingerprint density at radius 3 is 2.31 bits per heavy atom. The first-order valence-corrected chi connectivity index (χ1v) is 6.16. The van der Waals surface area contributed by atoms with Crippen LogP contribution < -0.4 is 5.32 Å². The van der Waals surface area contributed by atoms with Crippen LogP contribution >= 0.6 is 0 Å². The van der Waals surface area contributed by atoms with E-state index in [9.17, 15) is 13.2 Å². The molecule has 0 radical (unpaired) electrons. The molecule has 0 saturated heterocycles. The number of amides is 1. The molecule has 94 valence electrons. The average Bonchev–Trinajstić information content (AvgIpc) is 1.95. The zero-order valence-electron chi connectivity index (χ0n) is 9.56. The van der Waals surface area contributed by atoms with E-state index < -0.39 is 22.7 Å². The summed E-state index contributed by atoms with van der Waals surface area (Å²) in [4.78, 5) is 11.3. The molecule has 0 heterocycles. The monoisotopic (exact) mass is 251 g/mol. The van der Waals surface area contributed by atoms with Crippen molar-refractivity contribution in [3.63, 3.8) is 0 Å². The Morgan fingerprint density at radius 2 is 1.88 bits per heavy atom. The summed E-state index contributed by atoms with van der Waals surface area (Å²) in [6.45, 7) is 5.34. The lowest BCUT2D eigenvalue weighted by Crippen LogP contribution is -2.49. The van der Waals surface area contributed by atoms with Crippen molar-refractivity contribution in [3.05, 3.63) is 0 Å². The van der Waals surface area contributed by atoms with Gasteiger partial charge in [0.25, 0.3) is 11.0 Å². The van der Waals surface area contributed by atoms with Crippen molar-refractivity contribution in [1.29, 1.82) is 0 Å². The van der Waals surface area contributed by atoms with Crippen LogP contribution in [0.4, 0.5) is 4.79 Å². The molecule has 1 amide bonds. The van der Waals surface area contributed by atoms with Crippen LogP contribution in [0.15, 0.2) is 0 Å². The number of nitrogens with one attached hydrogen (secondary N) is 1. The van der Waals surface area contributed by atoms with Gasteiger partial charge >= 0.3 is 6.09 Å². The highest BCUT2D eigenvalue weighted by molar-refractivity contribution is 7.67. The summed E-state index contributed by atoms with van der Waals surface area (Å²) in [6, 6.07) is -0.0604. The number of thiol groups is 1. The Kier molecular flexibility index (Phi) is 4.15. The highest BCUT2D eigenvalue weighted by Gasteiger charge is 2.33. The van der Waals surface area contributed by atoms with E-state index in [1.807, 2.05) is 0 Å². The van der Waals surface area contributed by atoms with E-state index in [0.717, 1.165) is 0 Å². The van der Waals surface area contributed by atoms with Gasteiger partial charge in [-0.2, -0.15) is 0 Å². The van der Waals surface area contributed by atoms with Gasteiger partial charge in [-0.05, 0) is 33.6 Å². The van der Waals surface area contributed by atoms with Gasteiger partial charge in [-0.15, -0.1) is 0 Å². The Labute approximate surface area is 96.5 Å². The maximum atomic E-state index is 11.3. The molecule has 1 aliphatic carbocycles. The summed E-state index contributed by atoms with van der Waals surface area (Å²) in [5.41, 5.74) is -0.526. The first kappa shape index (κ1) is 13.2. The number of carbonyl (C=O) groups excluding carboxylic acids is 1. The van der Waals surface area contributed by atoms with Crippen molar-refractivity contribution in [1.82, 2.24) is 5.32 Å². The van der Waals surface area contributed by atoms with Crippen molar-refractivity contribution in [3.8, 4) is 0 Å². The second-order valence-corrected chi connectivity index (χ2v) is 5.42. The molecule has 0 unspecified atom stereocenters. The molecule has 0 aromatic rings. The molecule has 0 atom stereocenters. The first-order valence-electron chi connectivity index (χ1n) is 5.07. The van der Waals surface area contributed by atoms with Crippen molar-refractivity contribution in [2.75, 3.05) is 0 Å². The fourth-order valence-electron chi connectivity index (χ4n) is 1.37. The van der Waals surface area contributed by atoms with Gasteiger partial charge in [0.1, 0.15) is 5.60 Å². The summed E-state index contributed by atoms with van der Waals surface area (Å²) in [6.07, 6.45) is 0.217. The minimum absolute atomic E-state index is 0.0604. The van der Waals surface area contributed by atoms with Gasteiger partial charge in [-0.3, -0.25) is 4.18 Å².